The number of hydrogen-bond donors (Lipinski definition) is 3. The molecule has 1 atom stereocenters. The molecule has 2 amide bonds. The first kappa shape index (κ1) is 14.4. The van der Waals surface area contributed by atoms with Gasteiger partial charge in [0.1, 0.15) is 11.5 Å². The molecule has 1 aromatic carbocycles. The number of nitrogens with zero attached hydrogens (tertiary/aromatic N) is 1. The predicted octanol–water partition coefficient (Wildman–Crippen LogP) is 0.749. The normalized spacial score (nSPS) is 20.6. The molecule has 1 unspecified atom stereocenters. The molecular weight excluding hydrogens is 284 g/mol. The fourth-order valence-electron chi connectivity index (χ4n) is 2.13. The van der Waals surface area contributed by atoms with Crippen LogP contribution in [-0.2, 0) is 9.84 Å². The smallest absolute Gasteiger partial charge is 0.321 e. The summed E-state index contributed by atoms with van der Waals surface area (Å²) in [4.78, 5) is 13.3. The molecule has 0 saturated carbocycles. The van der Waals surface area contributed by atoms with Crippen molar-refractivity contribution in [3.05, 3.63) is 18.2 Å². The average molecular weight is 300 g/mol. The Morgan fingerprint density at radius 3 is 2.40 bits per heavy atom. The molecule has 0 spiro atoms. The number of aromatic hydroxyl groups is 2. The van der Waals surface area contributed by atoms with E-state index < -0.39 is 15.9 Å². The largest absolute Gasteiger partial charge is 0.508 e. The average Bonchev–Trinajstić information content (AvgIpc) is 2.67. The number of phenols is 2. The van der Waals surface area contributed by atoms with Gasteiger partial charge in [0.05, 0.1) is 11.5 Å². The summed E-state index contributed by atoms with van der Waals surface area (Å²) in [6.07, 6.45) is 0.414. The summed E-state index contributed by atoms with van der Waals surface area (Å²) < 4.78 is 22.8. The number of rotatable bonds is 2. The van der Waals surface area contributed by atoms with Crippen LogP contribution in [0.25, 0.3) is 0 Å². The molecule has 7 nitrogen and oxygen atoms in total. The molecule has 0 bridgehead atoms. The van der Waals surface area contributed by atoms with Crippen LogP contribution < -0.4 is 5.32 Å². The van der Waals surface area contributed by atoms with Crippen LogP contribution in [0.2, 0.25) is 0 Å². The SMILES string of the molecule is CN(C(=O)Nc1cc(O)cc(O)c1)C1CCS(=O)(=O)C1. The molecule has 1 aliphatic heterocycles. The fourth-order valence-corrected chi connectivity index (χ4v) is 3.90. The molecule has 1 aromatic rings. The van der Waals surface area contributed by atoms with Crippen molar-refractivity contribution in [1.82, 2.24) is 4.90 Å². The Hall–Kier alpha value is -1.96. The van der Waals surface area contributed by atoms with Crippen molar-refractivity contribution < 1.29 is 23.4 Å². The van der Waals surface area contributed by atoms with Gasteiger partial charge in [0.25, 0.3) is 0 Å². The second-order valence-electron chi connectivity index (χ2n) is 4.84. The highest BCUT2D eigenvalue weighted by Crippen LogP contribution is 2.24. The lowest BCUT2D eigenvalue weighted by atomic mass is 10.2. The van der Waals surface area contributed by atoms with Gasteiger partial charge < -0.3 is 20.4 Å². The first-order valence-corrected chi connectivity index (χ1v) is 7.86. The van der Waals surface area contributed by atoms with E-state index >= 15 is 0 Å². The third-order valence-corrected chi connectivity index (χ3v) is 4.98. The van der Waals surface area contributed by atoms with E-state index in [1.807, 2.05) is 0 Å². The summed E-state index contributed by atoms with van der Waals surface area (Å²) >= 11 is 0. The topological polar surface area (TPSA) is 107 Å². The molecule has 110 valence electrons. The molecule has 2 rings (SSSR count). The molecule has 3 N–H and O–H groups in total. The van der Waals surface area contributed by atoms with Gasteiger partial charge >= 0.3 is 6.03 Å². The molecule has 0 aliphatic carbocycles. The number of anilines is 1. The van der Waals surface area contributed by atoms with E-state index in [0.29, 0.717) is 6.42 Å². The van der Waals surface area contributed by atoms with Crippen molar-refractivity contribution in [3.8, 4) is 11.5 Å². The summed E-state index contributed by atoms with van der Waals surface area (Å²) in [7, 11) is -1.54. The number of amides is 2. The van der Waals surface area contributed by atoms with Gasteiger partial charge in [-0.15, -0.1) is 0 Å². The maximum Gasteiger partial charge on any atom is 0.321 e. The maximum atomic E-state index is 12.0. The third kappa shape index (κ3) is 3.32. The molecule has 1 aliphatic rings. The van der Waals surface area contributed by atoms with Crippen LogP contribution in [0, 0.1) is 0 Å². The van der Waals surface area contributed by atoms with Gasteiger partial charge in [0, 0.05) is 37.0 Å². The number of carbonyl (C=O) groups excluding carboxylic acids is 1. The van der Waals surface area contributed by atoms with Crippen molar-refractivity contribution >= 4 is 21.6 Å². The van der Waals surface area contributed by atoms with E-state index in [-0.39, 0.29) is 34.7 Å². The Kier molecular flexibility index (Phi) is 3.76. The van der Waals surface area contributed by atoms with Crippen LogP contribution in [0.5, 0.6) is 11.5 Å². The molecule has 0 radical (unpaired) electrons. The summed E-state index contributed by atoms with van der Waals surface area (Å²) in [5, 5.41) is 21.1. The lowest BCUT2D eigenvalue weighted by Gasteiger charge is -2.23. The lowest BCUT2D eigenvalue weighted by molar-refractivity contribution is 0.209. The molecule has 0 aromatic heterocycles. The molecular formula is C12H16N2O5S. The van der Waals surface area contributed by atoms with Crippen LogP contribution in [0.4, 0.5) is 10.5 Å². The van der Waals surface area contributed by atoms with Crippen molar-refractivity contribution in [1.29, 1.82) is 0 Å². The van der Waals surface area contributed by atoms with E-state index in [2.05, 4.69) is 5.32 Å². The van der Waals surface area contributed by atoms with Crippen LogP contribution in [0.1, 0.15) is 6.42 Å². The van der Waals surface area contributed by atoms with Gasteiger partial charge in [0.2, 0.25) is 0 Å². The lowest BCUT2D eigenvalue weighted by Crippen LogP contribution is -2.40. The first-order valence-electron chi connectivity index (χ1n) is 6.04. The quantitative estimate of drug-likeness (QED) is 0.747. The number of benzene rings is 1. The Balaban J connectivity index is 2.04. The van der Waals surface area contributed by atoms with Gasteiger partial charge in [0.15, 0.2) is 9.84 Å². The highest BCUT2D eigenvalue weighted by molar-refractivity contribution is 7.91. The van der Waals surface area contributed by atoms with E-state index in [1.54, 1.807) is 0 Å². The second kappa shape index (κ2) is 5.20. The zero-order chi connectivity index (χ0) is 14.9. The summed E-state index contributed by atoms with van der Waals surface area (Å²) in [5.74, 6) is -0.303. The van der Waals surface area contributed by atoms with Crippen molar-refractivity contribution in [2.75, 3.05) is 23.9 Å². The third-order valence-electron chi connectivity index (χ3n) is 3.23. The van der Waals surface area contributed by atoms with Crippen LogP contribution in [0.3, 0.4) is 0 Å². The zero-order valence-corrected chi connectivity index (χ0v) is 11.7. The van der Waals surface area contributed by atoms with Crippen LogP contribution in [-0.4, -0.2) is 54.2 Å². The van der Waals surface area contributed by atoms with Gasteiger partial charge in [-0.05, 0) is 6.42 Å². The van der Waals surface area contributed by atoms with E-state index in [4.69, 9.17) is 0 Å². The number of urea groups is 1. The number of phenolic OH excluding ortho intramolecular Hbond substituents is 2. The summed E-state index contributed by atoms with van der Waals surface area (Å²) in [5.41, 5.74) is 0.236. The summed E-state index contributed by atoms with van der Waals surface area (Å²) in [6.45, 7) is 0. The number of sulfone groups is 1. The minimum Gasteiger partial charge on any atom is -0.508 e. The van der Waals surface area contributed by atoms with E-state index in [0.717, 1.165) is 6.07 Å². The Morgan fingerprint density at radius 1 is 1.30 bits per heavy atom. The Labute approximate surface area is 116 Å². The number of nitrogens with one attached hydrogen (secondary N) is 1. The van der Waals surface area contributed by atoms with Crippen LogP contribution in [0.15, 0.2) is 18.2 Å². The minimum atomic E-state index is -3.06. The molecule has 1 saturated heterocycles. The Morgan fingerprint density at radius 2 is 1.90 bits per heavy atom. The predicted molar refractivity (Wildman–Crippen MR) is 73.6 cm³/mol. The maximum absolute atomic E-state index is 12.0. The minimum absolute atomic E-state index is 0.0395. The molecule has 20 heavy (non-hydrogen) atoms. The van der Waals surface area contributed by atoms with Gasteiger partial charge in [-0.3, -0.25) is 0 Å². The van der Waals surface area contributed by atoms with E-state index in [1.165, 1.54) is 24.1 Å². The second-order valence-corrected chi connectivity index (χ2v) is 7.06. The zero-order valence-electron chi connectivity index (χ0n) is 10.9. The monoisotopic (exact) mass is 300 g/mol. The van der Waals surface area contributed by atoms with Crippen molar-refractivity contribution in [2.24, 2.45) is 0 Å². The molecule has 8 heteroatoms. The first-order chi connectivity index (χ1) is 9.27. The van der Waals surface area contributed by atoms with Crippen LogP contribution >= 0.6 is 0 Å². The molecule has 1 fully saturated rings. The van der Waals surface area contributed by atoms with Crippen molar-refractivity contribution in [3.63, 3.8) is 0 Å². The standard InChI is InChI=1S/C12H16N2O5S/c1-14(9-2-3-20(18,19)7-9)12(17)13-8-4-10(15)6-11(16)5-8/h4-6,9,15-16H,2-3,7H2,1H3,(H,13,17). The fraction of sp³-hybridized carbons (Fsp3) is 0.417. The number of carbonyl (C=O) groups is 1. The molecule has 1 heterocycles. The highest BCUT2D eigenvalue weighted by atomic mass is 32.2. The van der Waals surface area contributed by atoms with Gasteiger partial charge in [-0.2, -0.15) is 0 Å². The van der Waals surface area contributed by atoms with Gasteiger partial charge in [-0.1, -0.05) is 0 Å². The number of hydrogen-bond acceptors (Lipinski definition) is 5. The summed E-state index contributed by atoms with van der Waals surface area (Å²) in [6, 6.07) is 2.87. The van der Waals surface area contributed by atoms with Crippen molar-refractivity contribution in [2.45, 2.75) is 12.5 Å². The highest BCUT2D eigenvalue weighted by Gasteiger charge is 2.32. The van der Waals surface area contributed by atoms with Gasteiger partial charge in [-0.25, -0.2) is 13.2 Å². The Bertz CT molecular complexity index is 608. The van der Waals surface area contributed by atoms with E-state index in [9.17, 15) is 23.4 Å².